The lowest BCUT2D eigenvalue weighted by Gasteiger charge is -2.22. The summed E-state index contributed by atoms with van der Waals surface area (Å²) in [6, 6.07) is 0. The zero-order valence-electron chi connectivity index (χ0n) is 10.7. The van der Waals surface area contributed by atoms with Crippen LogP contribution in [0.2, 0.25) is 0 Å². The lowest BCUT2D eigenvalue weighted by molar-refractivity contribution is 0.402. The Morgan fingerprint density at radius 2 is 2.29 bits per heavy atom. The second kappa shape index (κ2) is 7.61. The highest BCUT2D eigenvalue weighted by Crippen LogP contribution is 2.12. The summed E-state index contributed by atoms with van der Waals surface area (Å²) in [4.78, 5) is 0. The summed E-state index contributed by atoms with van der Waals surface area (Å²) < 4.78 is 26.4. The van der Waals surface area contributed by atoms with Gasteiger partial charge in [-0.05, 0) is 49.8 Å². The topological polar surface area (TPSA) is 58.2 Å². The minimum absolute atomic E-state index is 0.270. The monoisotopic (exact) mass is 280 g/mol. The van der Waals surface area contributed by atoms with E-state index >= 15 is 0 Å². The fourth-order valence-electron chi connectivity index (χ4n) is 2.05. The Labute approximate surface area is 109 Å². The van der Waals surface area contributed by atoms with Gasteiger partial charge in [0.1, 0.15) is 0 Å². The number of hydrogen-bond acceptors (Lipinski definition) is 4. The Hall–Kier alpha value is 0.220. The minimum Gasteiger partial charge on any atom is -0.316 e. The molecular formula is C11H24N2O2S2. The molecule has 0 bridgehead atoms. The predicted molar refractivity (Wildman–Crippen MR) is 74.9 cm³/mol. The molecule has 1 rings (SSSR count). The van der Waals surface area contributed by atoms with Crippen molar-refractivity contribution in [3.05, 3.63) is 0 Å². The first-order valence-corrected chi connectivity index (χ1v) is 9.25. The van der Waals surface area contributed by atoms with Gasteiger partial charge in [0.25, 0.3) is 0 Å². The molecule has 2 unspecified atom stereocenters. The van der Waals surface area contributed by atoms with Crippen LogP contribution in [0.5, 0.6) is 0 Å². The average Bonchev–Trinajstić information content (AvgIpc) is 2.28. The van der Waals surface area contributed by atoms with Gasteiger partial charge in [-0.3, -0.25) is 0 Å². The molecule has 2 atom stereocenters. The molecule has 0 saturated carbocycles. The fraction of sp³-hybridized carbons (Fsp3) is 1.00. The van der Waals surface area contributed by atoms with Crippen molar-refractivity contribution in [2.75, 3.05) is 37.4 Å². The molecule has 0 amide bonds. The van der Waals surface area contributed by atoms with Crippen molar-refractivity contribution in [2.24, 2.45) is 11.8 Å². The lowest BCUT2D eigenvalue weighted by atomic mass is 10.0. The maximum absolute atomic E-state index is 11.9. The SMILES string of the molecule is CSCC(C)CNS(=O)(=O)CC1CCCNC1. The fourth-order valence-corrected chi connectivity index (χ4v) is 4.30. The molecule has 0 spiro atoms. The maximum atomic E-state index is 11.9. The molecule has 0 radical (unpaired) electrons. The molecule has 0 aliphatic carbocycles. The Morgan fingerprint density at radius 3 is 2.88 bits per heavy atom. The molecule has 0 aromatic carbocycles. The van der Waals surface area contributed by atoms with E-state index in [1.165, 1.54) is 0 Å². The van der Waals surface area contributed by atoms with Crippen LogP contribution in [0, 0.1) is 11.8 Å². The normalized spacial score (nSPS) is 23.5. The zero-order chi connectivity index (χ0) is 12.7. The smallest absolute Gasteiger partial charge is 0.211 e. The highest BCUT2D eigenvalue weighted by Gasteiger charge is 2.21. The average molecular weight is 280 g/mol. The summed E-state index contributed by atoms with van der Waals surface area (Å²) in [6.45, 7) is 4.49. The van der Waals surface area contributed by atoms with E-state index in [1.807, 2.05) is 6.26 Å². The molecule has 1 heterocycles. The molecule has 0 aromatic rings. The molecule has 1 aliphatic rings. The summed E-state index contributed by atoms with van der Waals surface area (Å²) >= 11 is 1.75. The van der Waals surface area contributed by atoms with Crippen molar-refractivity contribution in [1.29, 1.82) is 0 Å². The van der Waals surface area contributed by atoms with Crippen LogP contribution >= 0.6 is 11.8 Å². The summed E-state index contributed by atoms with van der Waals surface area (Å²) in [5.41, 5.74) is 0. The molecule has 1 saturated heterocycles. The van der Waals surface area contributed by atoms with Crippen LogP contribution in [0.3, 0.4) is 0 Å². The molecule has 1 aliphatic heterocycles. The largest absolute Gasteiger partial charge is 0.316 e. The van der Waals surface area contributed by atoms with E-state index in [0.29, 0.717) is 12.5 Å². The zero-order valence-corrected chi connectivity index (χ0v) is 12.4. The molecular weight excluding hydrogens is 256 g/mol. The van der Waals surface area contributed by atoms with E-state index in [2.05, 4.69) is 17.0 Å². The molecule has 1 fully saturated rings. The van der Waals surface area contributed by atoms with Crippen molar-refractivity contribution in [3.8, 4) is 0 Å². The van der Waals surface area contributed by atoms with Gasteiger partial charge in [-0.1, -0.05) is 6.92 Å². The third-order valence-electron chi connectivity index (χ3n) is 2.96. The van der Waals surface area contributed by atoms with Gasteiger partial charge in [-0.2, -0.15) is 11.8 Å². The Kier molecular flexibility index (Phi) is 6.84. The van der Waals surface area contributed by atoms with Crippen molar-refractivity contribution in [1.82, 2.24) is 10.0 Å². The number of rotatable bonds is 7. The summed E-state index contributed by atoms with van der Waals surface area (Å²) in [6.07, 6.45) is 4.15. The van der Waals surface area contributed by atoms with E-state index in [9.17, 15) is 8.42 Å². The van der Waals surface area contributed by atoms with Crippen LogP contribution in [0.1, 0.15) is 19.8 Å². The van der Waals surface area contributed by atoms with E-state index < -0.39 is 10.0 Å². The van der Waals surface area contributed by atoms with Crippen LogP contribution in [0.25, 0.3) is 0 Å². The van der Waals surface area contributed by atoms with Gasteiger partial charge in [0.05, 0.1) is 5.75 Å². The van der Waals surface area contributed by atoms with Gasteiger partial charge in [0, 0.05) is 6.54 Å². The van der Waals surface area contributed by atoms with Crippen molar-refractivity contribution >= 4 is 21.8 Å². The molecule has 4 nitrogen and oxygen atoms in total. The molecule has 0 aromatic heterocycles. The quantitative estimate of drug-likeness (QED) is 0.727. The molecule has 17 heavy (non-hydrogen) atoms. The van der Waals surface area contributed by atoms with Gasteiger partial charge in [-0.25, -0.2) is 13.1 Å². The van der Waals surface area contributed by atoms with Crippen LogP contribution in [0.15, 0.2) is 0 Å². The van der Waals surface area contributed by atoms with Gasteiger partial charge < -0.3 is 5.32 Å². The maximum Gasteiger partial charge on any atom is 0.211 e. The number of piperidine rings is 1. The standard InChI is InChI=1S/C11H24N2O2S2/c1-10(8-16-2)6-13-17(14,15)9-11-4-3-5-12-7-11/h10-13H,3-9H2,1-2H3. The van der Waals surface area contributed by atoms with E-state index in [1.54, 1.807) is 11.8 Å². The van der Waals surface area contributed by atoms with Gasteiger partial charge >= 0.3 is 0 Å². The van der Waals surface area contributed by atoms with E-state index in [-0.39, 0.29) is 11.7 Å². The number of sulfonamides is 1. The molecule has 6 heteroatoms. The van der Waals surface area contributed by atoms with Crippen molar-refractivity contribution in [3.63, 3.8) is 0 Å². The summed E-state index contributed by atoms with van der Waals surface area (Å²) in [5.74, 6) is 1.93. The first-order chi connectivity index (χ1) is 8.03. The lowest BCUT2D eigenvalue weighted by Crippen LogP contribution is -2.38. The number of thioether (sulfide) groups is 1. The summed E-state index contributed by atoms with van der Waals surface area (Å²) in [5, 5.41) is 3.25. The minimum atomic E-state index is -3.09. The first kappa shape index (κ1) is 15.3. The Morgan fingerprint density at radius 1 is 1.53 bits per heavy atom. The second-order valence-corrected chi connectivity index (χ2v) is 7.66. The van der Waals surface area contributed by atoms with Crippen LogP contribution in [-0.2, 0) is 10.0 Å². The third-order valence-corrected chi connectivity index (χ3v) is 5.38. The van der Waals surface area contributed by atoms with Crippen LogP contribution in [-0.4, -0.2) is 45.8 Å². The van der Waals surface area contributed by atoms with Gasteiger partial charge in [0.15, 0.2) is 0 Å². The Balaban J connectivity index is 2.29. The first-order valence-electron chi connectivity index (χ1n) is 6.20. The molecule has 102 valence electrons. The Bertz CT molecular complexity index is 301. The van der Waals surface area contributed by atoms with Gasteiger partial charge in [-0.15, -0.1) is 0 Å². The van der Waals surface area contributed by atoms with Crippen molar-refractivity contribution in [2.45, 2.75) is 19.8 Å². The molecule has 2 N–H and O–H groups in total. The predicted octanol–water partition coefficient (Wildman–Crippen LogP) is 0.904. The number of hydrogen-bond donors (Lipinski definition) is 2. The van der Waals surface area contributed by atoms with E-state index in [4.69, 9.17) is 0 Å². The van der Waals surface area contributed by atoms with Crippen molar-refractivity contribution < 1.29 is 8.42 Å². The van der Waals surface area contributed by atoms with Crippen LogP contribution in [0.4, 0.5) is 0 Å². The van der Waals surface area contributed by atoms with E-state index in [0.717, 1.165) is 31.7 Å². The third kappa shape index (κ3) is 6.64. The highest BCUT2D eigenvalue weighted by molar-refractivity contribution is 7.98. The van der Waals surface area contributed by atoms with Crippen LogP contribution < -0.4 is 10.0 Å². The summed E-state index contributed by atoms with van der Waals surface area (Å²) in [7, 11) is -3.09. The number of nitrogens with one attached hydrogen (secondary N) is 2. The highest BCUT2D eigenvalue weighted by atomic mass is 32.2. The second-order valence-electron chi connectivity index (χ2n) is 4.90. The van der Waals surface area contributed by atoms with Gasteiger partial charge in [0.2, 0.25) is 10.0 Å².